The van der Waals surface area contributed by atoms with E-state index in [1.54, 1.807) is 0 Å². The van der Waals surface area contributed by atoms with Crippen LogP contribution >= 0.6 is 0 Å². The molecule has 0 radical (unpaired) electrons. The van der Waals surface area contributed by atoms with Crippen molar-refractivity contribution in [2.45, 2.75) is 0 Å². The summed E-state index contributed by atoms with van der Waals surface area (Å²) in [7, 11) is 0. The zero-order valence-electron chi connectivity index (χ0n) is 26.6. The number of hydrogen-bond acceptors (Lipinski definition) is 2. The van der Waals surface area contributed by atoms with Gasteiger partial charge in [-0.05, 0) is 71.6 Å². The summed E-state index contributed by atoms with van der Waals surface area (Å²) in [5.74, 6) is 0. The molecule has 0 fully saturated rings. The lowest BCUT2D eigenvalue weighted by Crippen LogP contribution is -2.11. The van der Waals surface area contributed by atoms with Crippen LogP contribution < -0.4 is 4.90 Å². The Labute approximate surface area is 283 Å². The van der Waals surface area contributed by atoms with E-state index in [0.29, 0.717) is 0 Å². The van der Waals surface area contributed by atoms with Gasteiger partial charge in [0.25, 0.3) is 0 Å². The van der Waals surface area contributed by atoms with Crippen LogP contribution in [0.4, 0.5) is 17.1 Å². The van der Waals surface area contributed by atoms with E-state index >= 15 is 0 Å². The predicted molar refractivity (Wildman–Crippen MR) is 206 cm³/mol. The zero-order valence-corrected chi connectivity index (χ0v) is 26.6. The molecule has 8 aromatic carbocycles. The van der Waals surface area contributed by atoms with Crippen LogP contribution in [-0.2, 0) is 0 Å². The van der Waals surface area contributed by atoms with Crippen molar-refractivity contribution in [1.29, 1.82) is 0 Å². The topological polar surface area (TPSA) is 21.3 Å². The van der Waals surface area contributed by atoms with E-state index < -0.39 is 0 Å². The van der Waals surface area contributed by atoms with Gasteiger partial charge in [0, 0.05) is 38.5 Å². The molecule has 2 heterocycles. The summed E-state index contributed by atoms with van der Waals surface area (Å²) < 4.78 is 9.06. The van der Waals surface area contributed by atoms with Gasteiger partial charge < -0.3 is 13.9 Å². The first kappa shape index (κ1) is 27.5. The molecule has 230 valence electrons. The average molecular weight is 627 g/mol. The maximum atomic E-state index is 6.69. The van der Waals surface area contributed by atoms with E-state index in [4.69, 9.17) is 4.42 Å². The SMILES string of the molecule is c1ccc(-c2ccccc2N(c2ccc3c(c2)c2ccccc2n3-c2ccccc2)c2cccc3oc4c5ccccc5ccc4c23)cc1. The molecule has 0 aliphatic heterocycles. The Morgan fingerprint density at radius 3 is 2.02 bits per heavy atom. The van der Waals surface area contributed by atoms with E-state index in [1.807, 2.05) is 0 Å². The van der Waals surface area contributed by atoms with Crippen LogP contribution in [0.3, 0.4) is 0 Å². The van der Waals surface area contributed by atoms with Crippen molar-refractivity contribution in [3.05, 3.63) is 182 Å². The van der Waals surface area contributed by atoms with Gasteiger partial charge in [-0.2, -0.15) is 0 Å². The normalized spacial score (nSPS) is 11.7. The summed E-state index contributed by atoms with van der Waals surface area (Å²) in [6, 6.07) is 64.9. The van der Waals surface area contributed by atoms with Crippen molar-refractivity contribution in [2.24, 2.45) is 0 Å². The van der Waals surface area contributed by atoms with Gasteiger partial charge in [-0.15, -0.1) is 0 Å². The number of rotatable bonds is 5. The lowest BCUT2D eigenvalue weighted by Gasteiger charge is -2.28. The number of benzene rings is 8. The van der Waals surface area contributed by atoms with Crippen LogP contribution in [-0.4, -0.2) is 4.57 Å². The molecule has 3 nitrogen and oxygen atoms in total. The predicted octanol–water partition coefficient (Wildman–Crippen LogP) is 13.0. The Kier molecular flexibility index (Phi) is 6.18. The first-order valence-corrected chi connectivity index (χ1v) is 16.7. The molecule has 0 bridgehead atoms. The second-order valence-electron chi connectivity index (χ2n) is 12.5. The highest BCUT2D eigenvalue weighted by Gasteiger charge is 2.23. The summed E-state index contributed by atoms with van der Waals surface area (Å²) in [5.41, 5.74) is 10.9. The molecule has 10 rings (SSSR count). The van der Waals surface area contributed by atoms with Gasteiger partial charge in [-0.1, -0.05) is 121 Å². The first-order chi connectivity index (χ1) is 24.3. The van der Waals surface area contributed by atoms with Crippen LogP contribution in [0.5, 0.6) is 0 Å². The molecule has 0 spiro atoms. The molecule has 0 amide bonds. The number of anilines is 3. The van der Waals surface area contributed by atoms with Crippen molar-refractivity contribution in [3.63, 3.8) is 0 Å². The molecule has 0 atom stereocenters. The quantitative estimate of drug-likeness (QED) is 0.190. The van der Waals surface area contributed by atoms with Gasteiger partial charge in [0.15, 0.2) is 0 Å². The van der Waals surface area contributed by atoms with Gasteiger partial charge in [-0.3, -0.25) is 0 Å². The zero-order chi connectivity index (χ0) is 32.3. The van der Waals surface area contributed by atoms with Crippen molar-refractivity contribution in [2.75, 3.05) is 4.90 Å². The van der Waals surface area contributed by atoms with Crippen LogP contribution in [0.15, 0.2) is 186 Å². The summed E-state index contributed by atoms with van der Waals surface area (Å²) in [6.45, 7) is 0. The molecule has 0 saturated carbocycles. The fraction of sp³-hybridized carbons (Fsp3) is 0. The Morgan fingerprint density at radius 2 is 1.14 bits per heavy atom. The fourth-order valence-corrected chi connectivity index (χ4v) is 7.62. The fourth-order valence-electron chi connectivity index (χ4n) is 7.62. The maximum absolute atomic E-state index is 6.69. The van der Waals surface area contributed by atoms with Crippen molar-refractivity contribution in [3.8, 4) is 16.8 Å². The van der Waals surface area contributed by atoms with E-state index in [1.165, 1.54) is 32.8 Å². The van der Waals surface area contributed by atoms with E-state index in [0.717, 1.165) is 55.6 Å². The van der Waals surface area contributed by atoms with Gasteiger partial charge in [0.1, 0.15) is 11.2 Å². The second kappa shape index (κ2) is 11.0. The van der Waals surface area contributed by atoms with Gasteiger partial charge in [-0.25, -0.2) is 0 Å². The number of fused-ring (bicyclic) bond motifs is 8. The first-order valence-electron chi connectivity index (χ1n) is 16.7. The third kappa shape index (κ3) is 4.29. The monoisotopic (exact) mass is 626 g/mol. The van der Waals surface area contributed by atoms with Gasteiger partial charge in [0.2, 0.25) is 0 Å². The largest absolute Gasteiger partial charge is 0.455 e. The minimum Gasteiger partial charge on any atom is -0.455 e. The molecule has 3 heteroatoms. The Bertz CT molecular complexity index is 2830. The summed E-state index contributed by atoms with van der Waals surface area (Å²) >= 11 is 0. The van der Waals surface area contributed by atoms with Crippen LogP contribution in [0, 0.1) is 0 Å². The highest BCUT2D eigenvalue weighted by Crippen LogP contribution is 2.47. The maximum Gasteiger partial charge on any atom is 0.143 e. The Hall–Kier alpha value is -6.58. The molecule has 0 aliphatic rings. The number of para-hydroxylation sites is 3. The molecule has 0 N–H and O–H groups in total. The molecule has 49 heavy (non-hydrogen) atoms. The number of nitrogens with zero attached hydrogens (tertiary/aromatic N) is 2. The smallest absolute Gasteiger partial charge is 0.143 e. The highest BCUT2D eigenvalue weighted by atomic mass is 16.3. The summed E-state index contributed by atoms with van der Waals surface area (Å²) in [5, 5.41) is 6.91. The molecular weight excluding hydrogens is 597 g/mol. The third-order valence-electron chi connectivity index (χ3n) is 9.76. The van der Waals surface area contributed by atoms with Gasteiger partial charge in [0.05, 0.1) is 27.8 Å². The number of furan rings is 1. The number of aromatic nitrogens is 1. The van der Waals surface area contributed by atoms with Crippen LogP contribution in [0.25, 0.3) is 71.3 Å². The van der Waals surface area contributed by atoms with E-state index in [9.17, 15) is 0 Å². The second-order valence-corrected chi connectivity index (χ2v) is 12.5. The molecular formula is C46H30N2O. The average Bonchev–Trinajstić information content (AvgIpc) is 3.72. The summed E-state index contributed by atoms with van der Waals surface area (Å²) in [6.07, 6.45) is 0. The van der Waals surface area contributed by atoms with Crippen molar-refractivity contribution >= 4 is 71.6 Å². The summed E-state index contributed by atoms with van der Waals surface area (Å²) in [4.78, 5) is 2.42. The molecule has 0 unspecified atom stereocenters. The van der Waals surface area contributed by atoms with Crippen molar-refractivity contribution < 1.29 is 4.42 Å². The van der Waals surface area contributed by atoms with Crippen molar-refractivity contribution in [1.82, 2.24) is 4.57 Å². The Morgan fingerprint density at radius 1 is 0.449 bits per heavy atom. The third-order valence-corrected chi connectivity index (χ3v) is 9.76. The molecule has 2 aromatic heterocycles. The van der Waals surface area contributed by atoms with Crippen LogP contribution in [0.2, 0.25) is 0 Å². The molecule has 0 aliphatic carbocycles. The minimum absolute atomic E-state index is 0.868. The van der Waals surface area contributed by atoms with Crippen LogP contribution in [0.1, 0.15) is 0 Å². The molecule has 0 saturated heterocycles. The van der Waals surface area contributed by atoms with Gasteiger partial charge >= 0.3 is 0 Å². The lowest BCUT2D eigenvalue weighted by atomic mass is 10.00. The van der Waals surface area contributed by atoms with E-state index in [2.05, 4.69) is 191 Å². The minimum atomic E-state index is 0.868. The highest BCUT2D eigenvalue weighted by molar-refractivity contribution is 6.20. The van der Waals surface area contributed by atoms with E-state index in [-0.39, 0.29) is 0 Å². The molecule has 10 aromatic rings. The number of hydrogen-bond donors (Lipinski definition) is 0. The lowest BCUT2D eigenvalue weighted by molar-refractivity contribution is 0.672. The Balaban J connectivity index is 1.30. The standard InChI is InChI=1S/C46H30N2O/c1-3-14-31(15-4-1)35-19-9-11-22-40(35)48(43-24-13-25-44-45(43)38-28-26-32-16-7-8-20-36(32)46(38)49-44)34-27-29-42-39(30-34)37-21-10-12-23-41(37)47(42)33-17-5-2-6-18-33/h1-30H.